The van der Waals surface area contributed by atoms with Crippen LogP contribution in [0.5, 0.6) is 0 Å². The van der Waals surface area contributed by atoms with Gasteiger partial charge in [-0.05, 0) is 26.0 Å². The Hall–Kier alpha value is -2.45. The summed E-state index contributed by atoms with van der Waals surface area (Å²) in [5, 5.41) is 4.65. The molecule has 0 bridgehead atoms. The van der Waals surface area contributed by atoms with E-state index < -0.39 is 0 Å². The smallest absolute Gasteiger partial charge is 0.359 e. The fraction of sp³-hybridized carbons (Fsp3) is 0.450. The molecule has 0 radical (unpaired) electrons. The van der Waals surface area contributed by atoms with Crippen molar-refractivity contribution >= 4 is 17.3 Å². The van der Waals surface area contributed by atoms with Gasteiger partial charge in [0.25, 0.3) is 0 Å². The van der Waals surface area contributed by atoms with Crippen molar-refractivity contribution < 1.29 is 13.9 Å². The van der Waals surface area contributed by atoms with Crippen LogP contribution in [-0.4, -0.2) is 38.8 Å². The summed E-state index contributed by atoms with van der Waals surface area (Å²) in [7, 11) is 0. The van der Waals surface area contributed by atoms with E-state index in [-0.39, 0.29) is 5.97 Å². The van der Waals surface area contributed by atoms with Crippen molar-refractivity contribution in [3.63, 3.8) is 0 Å². The van der Waals surface area contributed by atoms with E-state index in [0.717, 1.165) is 55.2 Å². The van der Waals surface area contributed by atoms with Crippen LogP contribution in [0.1, 0.15) is 45.0 Å². The zero-order valence-electron chi connectivity index (χ0n) is 16.2. The van der Waals surface area contributed by atoms with Crippen LogP contribution in [-0.2, 0) is 37.2 Å². The van der Waals surface area contributed by atoms with E-state index in [2.05, 4.69) is 15.0 Å². The van der Waals surface area contributed by atoms with Crippen molar-refractivity contribution in [3.8, 4) is 0 Å². The van der Waals surface area contributed by atoms with Gasteiger partial charge in [-0.3, -0.25) is 9.58 Å². The Morgan fingerprint density at radius 3 is 3.04 bits per heavy atom. The number of furan rings is 1. The third kappa shape index (κ3) is 3.88. The fourth-order valence-corrected chi connectivity index (χ4v) is 4.40. The standard InChI is InChI=1S/C20H24N4O3S/c1-3-26-20(25)19-16-12-23(11-15-5-4-10-27-15)8-6-17(16)24(22-19)9-7-18-14(2)21-13-28-18/h4-5,10,13H,3,6-9,11-12H2,1-2H3. The van der Waals surface area contributed by atoms with Crippen LogP contribution in [0.3, 0.4) is 0 Å². The first kappa shape index (κ1) is 18.9. The van der Waals surface area contributed by atoms with Gasteiger partial charge in [0.1, 0.15) is 5.76 Å². The third-order valence-corrected chi connectivity index (χ3v) is 6.03. The normalized spacial score (nSPS) is 14.2. The summed E-state index contributed by atoms with van der Waals surface area (Å²) in [5.74, 6) is 0.584. The van der Waals surface area contributed by atoms with E-state index in [1.165, 1.54) is 4.88 Å². The predicted octanol–water partition coefficient (Wildman–Crippen LogP) is 3.22. The predicted molar refractivity (Wildman–Crippen MR) is 105 cm³/mol. The van der Waals surface area contributed by atoms with Crippen LogP contribution in [0.2, 0.25) is 0 Å². The van der Waals surface area contributed by atoms with Crippen LogP contribution < -0.4 is 0 Å². The zero-order valence-corrected chi connectivity index (χ0v) is 17.0. The Kier molecular flexibility index (Phi) is 5.59. The molecule has 1 aliphatic heterocycles. The molecular weight excluding hydrogens is 376 g/mol. The lowest BCUT2D eigenvalue weighted by atomic mass is 10.0. The molecule has 28 heavy (non-hydrogen) atoms. The molecule has 4 heterocycles. The molecule has 0 saturated carbocycles. The Balaban J connectivity index is 1.57. The van der Waals surface area contributed by atoms with Gasteiger partial charge in [0, 0.05) is 48.6 Å². The number of ether oxygens (including phenoxy) is 1. The number of hydrogen-bond acceptors (Lipinski definition) is 7. The minimum atomic E-state index is -0.341. The fourth-order valence-electron chi connectivity index (χ4n) is 3.63. The maximum Gasteiger partial charge on any atom is 0.359 e. The van der Waals surface area contributed by atoms with Gasteiger partial charge in [-0.25, -0.2) is 9.78 Å². The molecule has 8 heteroatoms. The number of rotatable bonds is 7. The van der Waals surface area contributed by atoms with Gasteiger partial charge in [-0.2, -0.15) is 5.10 Å². The number of carbonyl (C=O) groups is 1. The number of thiazole rings is 1. The summed E-state index contributed by atoms with van der Waals surface area (Å²) in [6.45, 7) is 7.22. The molecule has 1 aliphatic rings. The number of aromatic nitrogens is 3. The monoisotopic (exact) mass is 400 g/mol. The number of carbonyl (C=O) groups excluding carboxylic acids is 1. The van der Waals surface area contributed by atoms with Gasteiger partial charge >= 0.3 is 5.97 Å². The molecule has 0 unspecified atom stereocenters. The summed E-state index contributed by atoms with van der Waals surface area (Å²) in [6, 6.07) is 3.87. The molecule has 0 aromatic carbocycles. The number of nitrogens with zero attached hydrogens (tertiary/aromatic N) is 4. The van der Waals surface area contributed by atoms with Crippen LogP contribution >= 0.6 is 11.3 Å². The average molecular weight is 401 g/mol. The molecule has 3 aromatic rings. The van der Waals surface area contributed by atoms with Crippen molar-refractivity contribution in [3.05, 3.63) is 57.2 Å². The highest BCUT2D eigenvalue weighted by Crippen LogP contribution is 2.25. The molecule has 7 nitrogen and oxygen atoms in total. The molecule has 0 amide bonds. The summed E-state index contributed by atoms with van der Waals surface area (Å²) in [6.07, 6.45) is 3.40. The first-order valence-electron chi connectivity index (χ1n) is 9.55. The molecule has 0 fully saturated rings. The van der Waals surface area contributed by atoms with E-state index in [0.29, 0.717) is 18.8 Å². The lowest BCUT2D eigenvalue weighted by Gasteiger charge is -2.26. The molecule has 148 valence electrons. The quantitative estimate of drug-likeness (QED) is 0.567. The summed E-state index contributed by atoms with van der Waals surface area (Å²) < 4.78 is 12.7. The minimum Gasteiger partial charge on any atom is -0.468 e. The lowest BCUT2D eigenvalue weighted by Crippen LogP contribution is -2.31. The van der Waals surface area contributed by atoms with Crippen LogP contribution in [0, 0.1) is 6.92 Å². The van der Waals surface area contributed by atoms with Gasteiger partial charge in [0.2, 0.25) is 0 Å². The van der Waals surface area contributed by atoms with E-state index in [1.54, 1.807) is 17.6 Å². The maximum atomic E-state index is 12.5. The summed E-state index contributed by atoms with van der Waals surface area (Å²) >= 11 is 1.67. The SMILES string of the molecule is CCOC(=O)c1nn(CCc2scnc2C)c2c1CN(Cc1ccco1)CC2. The van der Waals surface area contributed by atoms with E-state index in [9.17, 15) is 4.79 Å². The molecule has 4 rings (SSSR count). The molecular formula is C20H24N4O3S. The Labute approximate surface area is 167 Å². The van der Waals surface area contributed by atoms with Gasteiger partial charge in [0.15, 0.2) is 5.69 Å². The number of esters is 1. The highest BCUT2D eigenvalue weighted by molar-refractivity contribution is 7.09. The van der Waals surface area contributed by atoms with E-state index in [4.69, 9.17) is 9.15 Å². The third-order valence-electron chi connectivity index (χ3n) is 5.04. The van der Waals surface area contributed by atoms with Crippen molar-refractivity contribution in [2.75, 3.05) is 13.2 Å². The topological polar surface area (TPSA) is 73.4 Å². The molecule has 0 spiro atoms. The Morgan fingerprint density at radius 2 is 2.32 bits per heavy atom. The second-order valence-corrected chi connectivity index (χ2v) is 7.81. The summed E-state index contributed by atoms with van der Waals surface area (Å²) in [4.78, 5) is 20.4. The Bertz CT molecular complexity index is 945. The minimum absolute atomic E-state index is 0.341. The lowest BCUT2D eigenvalue weighted by molar-refractivity contribution is 0.0515. The van der Waals surface area contributed by atoms with Crippen LogP contribution in [0.4, 0.5) is 0 Å². The molecule has 0 aliphatic carbocycles. The van der Waals surface area contributed by atoms with Crippen molar-refractivity contribution in [1.29, 1.82) is 0 Å². The largest absolute Gasteiger partial charge is 0.468 e. The van der Waals surface area contributed by atoms with Crippen molar-refractivity contribution in [1.82, 2.24) is 19.7 Å². The average Bonchev–Trinajstić information content (AvgIpc) is 3.41. The molecule has 0 saturated heterocycles. The number of hydrogen-bond donors (Lipinski definition) is 0. The van der Waals surface area contributed by atoms with Crippen molar-refractivity contribution in [2.24, 2.45) is 0 Å². The Morgan fingerprint density at radius 1 is 1.43 bits per heavy atom. The first-order chi connectivity index (χ1) is 13.7. The number of aryl methyl sites for hydroxylation is 3. The van der Waals surface area contributed by atoms with Gasteiger partial charge in [-0.15, -0.1) is 11.3 Å². The summed E-state index contributed by atoms with van der Waals surface area (Å²) in [5.41, 5.74) is 5.52. The van der Waals surface area contributed by atoms with Gasteiger partial charge in [-0.1, -0.05) is 0 Å². The first-order valence-corrected chi connectivity index (χ1v) is 10.4. The second-order valence-electron chi connectivity index (χ2n) is 6.87. The van der Waals surface area contributed by atoms with Gasteiger partial charge in [0.05, 0.1) is 30.6 Å². The number of fused-ring (bicyclic) bond motifs is 1. The van der Waals surface area contributed by atoms with E-state index in [1.807, 2.05) is 36.2 Å². The van der Waals surface area contributed by atoms with E-state index >= 15 is 0 Å². The molecule has 0 atom stereocenters. The van der Waals surface area contributed by atoms with Crippen molar-refractivity contribution in [2.45, 2.75) is 46.3 Å². The van der Waals surface area contributed by atoms with Crippen LogP contribution in [0.15, 0.2) is 28.3 Å². The zero-order chi connectivity index (χ0) is 19.5. The maximum absolute atomic E-state index is 12.5. The van der Waals surface area contributed by atoms with Crippen LogP contribution in [0.25, 0.3) is 0 Å². The molecule has 0 N–H and O–H groups in total. The highest BCUT2D eigenvalue weighted by atomic mass is 32.1. The van der Waals surface area contributed by atoms with Gasteiger partial charge < -0.3 is 9.15 Å². The molecule has 3 aromatic heterocycles. The second kappa shape index (κ2) is 8.28. The highest BCUT2D eigenvalue weighted by Gasteiger charge is 2.29.